The van der Waals surface area contributed by atoms with E-state index < -0.39 is 23.0 Å². The van der Waals surface area contributed by atoms with Crippen LogP contribution in [0.5, 0.6) is 0 Å². The molecule has 0 saturated heterocycles. The lowest BCUT2D eigenvalue weighted by Gasteiger charge is -2.29. The number of halogens is 4. The molecule has 4 heteroatoms. The topological polar surface area (TPSA) is 0 Å². The SMILES string of the molecule is Cc1ccc(C(F)(F)C(F)(F)c2ccc(C3CCC(C)CC3)cc2)cc1. The predicted octanol–water partition coefficient (Wildman–Crippen LogP) is 7.17. The van der Waals surface area contributed by atoms with Crippen molar-refractivity contribution in [2.45, 2.75) is 57.3 Å². The van der Waals surface area contributed by atoms with Gasteiger partial charge in [0, 0.05) is 11.1 Å². The zero-order valence-corrected chi connectivity index (χ0v) is 15.1. The molecule has 0 unspecified atom stereocenters. The molecular formula is C22H24F4. The van der Waals surface area contributed by atoms with Gasteiger partial charge in [0.15, 0.2) is 0 Å². The second-order valence-electron chi connectivity index (χ2n) is 7.59. The molecule has 2 aromatic carbocycles. The summed E-state index contributed by atoms with van der Waals surface area (Å²) >= 11 is 0. The highest BCUT2D eigenvalue weighted by molar-refractivity contribution is 5.34. The summed E-state index contributed by atoms with van der Waals surface area (Å²) in [5.74, 6) is -7.49. The predicted molar refractivity (Wildman–Crippen MR) is 95.8 cm³/mol. The second-order valence-corrected chi connectivity index (χ2v) is 7.59. The van der Waals surface area contributed by atoms with Crippen LogP contribution in [0.1, 0.15) is 60.8 Å². The van der Waals surface area contributed by atoms with E-state index >= 15 is 0 Å². The van der Waals surface area contributed by atoms with Gasteiger partial charge in [-0.2, -0.15) is 17.6 Å². The molecule has 0 aliphatic heterocycles. The standard InChI is InChI=1S/C22H24F4/c1-15-3-7-17(8-4-15)18-9-13-20(14-10-18)22(25,26)21(23,24)19-11-5-16(2)6-12-19/h5-6,9-15,17H,3-4,7-8H2,1-2H3. The molecule has 140 valence electrons. The number of hydrogen-bond donors (Lipinski definition) is 0. The lowest BCUT2D eigenvalue weighted by atomic mass is 9.79. The summed E-state index contributed by atoms with van der Waals surface area (Å²) in [6.07, 6.45) is 4.29. The van der Waals surface area contributed by atoms with Gasteiger partial charge in [-0.1, -0.05) is 73.9 Å². The first-order valence-corrected chi connectivity index (χ1v) is 9.15. The molecule has 0 spiro atoms. The Morgan fingerprint density at radius 1 is 0.692 bits per heavy atom. The van der Waals surface area contributed by atoms with E-state index in [2.05, 4.69) is 6.92 Å². The molecule has 3 rings (SSSR count). The van der Waals surface area contributed by atoms with Crippen molar-refractivity contribution >= 4 is 0 Å². The van der Waals surface area contributed by atoms with Crippen molar-refractivity contribution in [3.8, 4) is 0 Å². The Balaban J connectivity index is 1.83. The number of aryl methyl sites for hydroxylation is 1. The quantitative estimate of drug-likeness (QED) is 0.504. The fourth-order valence-electron chi connectivity index (χ4n) is 3.68. The van der Waals surface area contributed by atoms with Crippen LogP contribution in [0.15, 0.2) is 48.5 Å². The molecule has 2 aromatic rings. The molecule has 1 saturated carbocycles. The van der Waals surface area contributed by atoms with Gasteiger partial charge < -0.3 is 0 Å². The summed E-state index contributed by atoms with van der Waals surface area (Å²) in [6, 6.07) is 10.5. The van der Waals surface area contributed by atoms with E-state index in [1.807, 2.05) is 0 Å². The summed E-state index contributed by atoms with van der Waals surface area (Å²) < 4.78 is 58.2. The van der Waals surface area contributed by atoms with Crippen LogP contribution >= 0.6 is 0 Å². The Morgan fingerprint density at radius 2 is 1.12 bits per heavy atom. The molecule has 0 radical (unpaired) electrons. The van der Waals surface area contributed by atoms with Crippen molar-refractivity contribution in [3.05, 3.63) is 70.8 Å². The van der Waals surface area contributed by atoms with E-state index in [-0.39, 0.29) is 0 Å². The average molecular weight is 364 g/mol. The smallest absolute Gasteiger partial charge is 0.194 e. The maximum Gasteiger partial charge on any atom is 0.339 e. The molecule has 0 nitrogen and oxygen atoms in total. The summed E-state index contributed by atoms with van der Waals surface area (Å²) in [5, 5.41) is 0. The average Bonchev–Trinajstić information content (AvgIpc) is 2.63. The van der Waals surface area contributed by atoms with Crippen LogP contribution in [0.4, 0.5) is 17.6 Å². The van der Waals surface area contributed by atoms with E-state index in [9.17, 15) is 17.6 Å². The highest BCUT2D eigenvalue weighted by atomic mass is 19.3. The minimum atomic E-state index is -4.26. The molecule has 26 heavy (non-hydrogen) atoms. The van der Waals surface area contributed by atoms with Gasteiger partial charge in [-0.15, -0.1) is 0 Å². The zero-order valence-electron chi connectivity index (χ0n) is 15.1. The van der Waals surface area contributed by atoms with E-state index in [0.717, 1.165) is 61.1 Å². The monoisotopic (exact) mass is 364 g/mol. The number of alkyl halides is 4. The maximum atomic E-state index is 14.6. The van der Waals surface area contributed by atoms with E-state index in [1.165, 1.54) is 12.1 Å². The van der Waals surface area contributed by atoms with E-state index in [0.29, 0.717) is 11.8 Å². The third kappa shape index (κ3) is 3.51. The van der Waals surface area contributed by atoms with Crippen molar-refractivity contribution in [2.24, 2.45) is 5.92 Å². The van der Waals surface area contributed by atoms with Gasteiger partial charge in [0.2, 0.25) is 0 Å². The first kappa shape index (κ1) is 18.9. The van der Waals surface area contributed by atoms with Crippen molar-refractivity contribution < 1.29 is 17.6 Å². The first-order valence-electron chi connectivity index (χ1n) is 9.15. The Hall–Kier alpha value is -1.84. The van der Waals surface area contributed by atoms with Crippen LogP contribution in [-0.2, 0) is 11.8 Å². The number of hydrogen-bond acceptors (Lipinski definition) is 0. The van der Waals surface area contributed by atoms with Crippen molar-refractivity contribution in [1.82, 2.24) is 0 Å². The molecule has 0 aromatic heterocycles. The third-order valence-corrected chi connectivity index (χ3v) is 5.57. The molecule has 0 bridgehead atoms. The third-order valence-electron chi connectivity index (χ3n) is 5.57. The Labute approximate surface area is 152 Å². The lowest BCUT2D eigenvalue weighted by Crippen LogP contribution is -2.35. The summed E-state index contributed by atoms with van der Waals surface area (Å²) in [6.45, 7) is 3.94. The highest BCUT2D eigenvalue weighted by Gasteiger charge is 2.58. The van der Waals surface area contributed by atoms with Crippen molar-refractivity contribution in [1.29, 1.82) is 0 Å². The van der Waals surface area contributed by atoms with Crippen LogP contribution in [0, 0.1) is 12.8 Å². The first-order chi connectivity index (χ1) is 12.2. The molecule has 1 aliphatic carbocycles. The maximum absolute atomic E-state index is 14.6. The highest BCUT2D eigenvalue weighted by Crippen LogP contribution is 2.49. The van der Waals surface area contributed by atoms with Crippen LogP contribution in [0.2, 0.25) is 0 Å². The van der Waals surface area contributed by atoms with E-state index in [1.54, 1.807) is 19.1 Å². The van der Waals surface area contributed by atoms with Crippen LogP contribution < -0.4 is 0 Å². The van der Waals surface area contributed by atoms with Crippen molar-refractivity contribution in [3.63, 3.8) is 0 Å². The molecule has 1 fully saturated rings. The minimum Gasteiger partial charge on any atom is -0.194 e. The molecular weight excluding hydrogens is 340 g/mol. The zero-order chi connectivity index (χ0) is 18.9. The molecule has 0 atom stereocenters. The molecule has 0 N–H and O–H groups in total. The fourth-order valence-corrected chi connectivity index (χ4v) is 3.68. The van der Waals surface area contributed by atoms with Gasteiger partial charge in [0.25, 0.3) is 0 Å². The number of benzene rings is 2. The Bertz CT molecular complexity index is 724. The summed E-state index contributed by atoms with van der Waals surface area (Å²) in [4.78, 5) is 0. The minimum absolute atomic E-state index is 0.339. The van der Waals surface area contributed by atoms with Gasteiger partial charge in [-0.05, 0) is 37.2 Å². The molecule has 0 amide bonds. The van der Waals surface area contributed by atoms with Crippen molar-refractivity contribution in [2.75, 3.05) is 0 Å². The van der Waals surface area contributed by atoms with Gasteiger partial charge in [-0.3, -0.25) is 0 Å². The lowest BCUT2D eigenvalue weighted by molar-refractivity contribution is -0.223. The van der Waals surface area contributed by atoms with Gasteiger partial charge in [0.05, 0.1) is 0 Å². The van der Waals surface area contributed by atoms with Gasteiger partial charge >= 0.3 is 11.8 Å². The number of rotatable bonds is 4. The second kappa shape index (κ2) is 7.05. The molecule has 0 heterocycles. The normalized spacial score (nSPS) is 21.6. The molecule has 1 aliphatic rings. The Kier molecular flexibility index (Phi) is 5.14. The van der Waals surface area contributed by atoms with E-state index in [4.69, 9.17) is 0 Å². The van der Waals surface area contributed by atoms with Crippen LogP contribution in [0.25, 0.3) is 0 Å². The van der Waals surface area contributed by atoms with Crippen LogP contribution in [-0.4, -0.2) is 0 Å². The largest absolute Gasteiger partial charge is 0.339 e. The van der Waals surface area contributed by atoms with Gasteiger partial charge in [-0.25, -0.2) is 0 Å². The summed E-state index contributed by atoms with van der Waals surface area (Å²) in [5.41, 5.74) is 0.406. The van der Waals surface area contributed by atoms with Crippen LogP contribution in [0.3, 0.4) is 0 Å². The fraction of sp³-hybridized carbons (Fsp3) is 0.455. The Morgan fingerprint density at radius 3 is 1.58 bits per heavy atom. The summed E-state index contributed by atoms with van der Waals surface area (Å²) in [7, 11) is 0. The van der Waals surface area contributed by atoms with Gasteiger partial charge in [0.1, 0.15) is 0 Å².